The van der Waals surface area contributed by atoms with Gasteiger partial charge in [-0.3, -0.25) is 4.79 Å². The maximum absolute atomic E-state index is 10.7. The second kappa shape index (κ2) is 7.76. The third kappa shape index (κ3) is 4.50. The molecule has 0 aromatic heterocycles. The van der Waals surface area contributed by atoms with E-state index < -0.39 is 5.91 Å². The van der Waals surface area contributed by atoms with E-state index >= 15 is 0 Å². The van der Waals surface area contributed by atoms with Gasteiger partial charge in [-0.2, -0.15) is 0 Å². The molecule has 96 valence electrons. The number of rotatable bonds is 6. The SMILES string of the molecule is CNCc1cccc(OC)c1OCC(N)=O.Cl. The summed E-state index contributed by atoms with van der Waals surface area (Å²) in [5.41, 5.74) is 5.96. The molecule has 0 fully saturated rings. The first-order valence-corrected chi connectivity index (χ1v) is 4.90. The van der Waals surface area contributed by atoms with Gasteiger partial charge in [0.1, 0.15) is 0 Å². The largest absolute Gasteiger partial charge is 0.493 e. The Balaban J connectivity index is 0.00000256. The smallest absolute Gasteiger partial charge is 0.255 e. The molecule has 0 saturated carbocycles. The van der Waals surface area contributed by atoms with Crippen LogP contribution in [0.25, 0.3) is 0 Å². The highest BCUT2D eigenvalue weighted by Gasteiger charge is 2.10. The Hall–Kier alpha value is -1.46. The van der Waals surface area contributed by atoms with Crippen LogP contribution in [0.2, 0.25) is 0 Å². The minimum atomic E-state index is -0.513. The summed E-state index contributed by atoms with van der Waals surface area (Å²) < 4.78 is 10.5. The van der Waals surface area contributed by atoms with E-state index in [1.807, 2.05) is 19.2 Å². The number of nitrogens with one attached hydrogen (secondary N) is 1. The van der Waals surface area contributed by atoms with Crippen LogP contribution in [0.15, 0.2) is 18.2 Å². The summed E-state index contributed by atoms with van der Waals surface area (Å²) in [4.78, 5) is 10.7. The Labute approximate surface area is 107 Å². The number of amides is 1. The molecule has 0 aliphatic carbocycles. The maximum atomic E-state index is 10.7. The molecule has 6 heteroatoms. The monoisotopic (exact) mass is 260 g/mol. The Morgan fingerprint density at radius 2 is 2.18 bits per heavy atom. The number of halogens is 1. The van der Waals surface area contributed by atoms with Crippen LogP contribution in [-0.2, 0) is 11.3 Å². The second-order valence-electron chi connectivity index (χ2n) is 3.23. The molecule has 0 aliphatic rings. The van der Waals surface area contributed by atoms with Crippen molar-refractivity contribution in [3.63, 3.8) is 0 Å². The van der Waals surface area contributed by atoms with Crippen LogP contribution in [0.3, 0.4) is 0 Å². The quantitative estimate of drug-likeness (QED) is 0.790. The number of methoxy groups -OCH3 is 1. The molecule has 0 spiro atoms. The molecule has 0 atom stereocenters. The lowest BCUT2D eigenvalue weighted by Crippen LogP contribution is -2.21. The van der Waals surface area contributed by atoms with Crippen molar-refractivity contribution in [3.8, 4) is 11.5 Å². The standard InChI is InChI=1S/C11H16N2O3.ClH/c1-13-6-8-4-3-5-9(15-2)11(8)16-7-10(12)14;/h3-5,13H,6-7H2,1-2H3,(H2,12,14);1H. The molecular formula is C11H17ClN2O3. The number of nitrogens with two attached hydrogens (primary N) is 1. The second-order valence-corrected chi connectivity index (χ2v) is 3.23. The highest BCUT2D eigenvalue weighted by Crippen LogP contribution is 2.30. The molecule has 3 N–H and O–H groups in total. The van der Waals surface area contributed by atoms with E-state index in [0.29, 0.717) is 18.0 Å². The number of carbonyl (C=O) groups is 1. The van der Waals surface area contributed by atoms with Gasteiger partial charge in [0, 0.05) is 12.1 Å². The van der Waals surface area contributed by atoms with Gasteiger partial charge in [0.25, 0.3) is 5.91 Å². The van der Waals surface area contributed by atoms with Crippen molar-refractivity contribution >= 4 is 18.3 Å². The van der Waals surface area contributed by atoms with Gasteiger partial charge in [0.05, 0.1) is 7.11 Å². The fourth-order valence-electron chi connectivity index (χ4n) is 1.36. The number of para-hydroxylation sites is 1. The maximum Gasteiger partial charge on any atom is 0.255 e. The van der Waals surface area contributed by atoms with Gasteiger partial charge in [0.15, 0.2) is 18.1 Å². The first kappa shape index (κ1) is 15.5. The minimum Gasteiger partial charge on any atom is -0.493 e. The van der Waals surface area contributed by atoms with E-state index in [9.17, 15) is 4.79 Å². The first-order chi connectivity index (χ1) is 7.69. The predicted octanol–water partition coefficient (Wildman–Crippen LogP) is 0.700. The number of benzene rings is 1. The molecule has 0 bridgehead atoms. The predicted molar refractivity (Wildman–Crippen MR) is 67.7 cm³/mol. The van der Waals surface area contributed by atoms with Gasteiger partial charge in [-0.25, -0.2) is 0 Å². The number of carbonyl (C=O) groups excluding carboxylic acids is 1. The Morgan fingerprint density at radius 3 is 2.71 bits per heavy atom. The molecule has 1 amide bonds. The topological polar surface area (TPSA) is 73.6 Å². The van der Waals surface area contributed by atoms with Gasteiger partial charge in [-0.15, -0.1) is 12.4 Å². The summed E-state index contributed by atoms with van der Waals surface area (Å²) in [7, 11) is 3.38. The lowest BCUT2D eigenvalue weighted by atomic mass is 10.2. The van der Waals surface area contributed by atoms with Crippen molar-refractivity contribution in [1.82, 2.24) is 5.32 Å². The fourth-order valence-corrected chi connectivity index (χ4v) is 1.36. The van der Waals surface area contributed by atoms with E-state index in [2.05, 4.69) is 5.32 Å². The first-order valence-electron chi connectivity index (χ1n) is 4.90. The summed E-state index contributed by atoms with van der Waals surface area (Å²) in [6.45, 7) is 0.475. The summed E-state index contributed by atoms with van der Waals surface area (Å²) in [5, 5.41) is 3.01. The molecule has 0 heterocycles. The molecular weight excluding hydrogens is 244 g/mol. The van der Waals surface area contributed by atoms with E-state index in [4.69, 9.17) is 15.2 Å². The van der Waals surface area contributed by atoms with E-state index in [1.165, 1.54) is 0 Å². The Kier molecular flexibility index (Phi) is 7.09. The zero-order valence-corrected chi connectivity index (χ0v) is 10.7. The van der Waals surface area contributed by atoms with Crippen molar-refractivity contribution in [2.75, 3.05) is 20.8 Å². The molecule has 0 radical (unpaired) electrons. The van der Waals surface area contributed by atoms with Crippen LogP contribution in [0.5, 0.6) is 11.5 Å². The molecule has 1 rings (SSSR count). The molecule has 0 aliphatic heterocycles. The van der Waals surface area contributed by atoms with Gasteiger partial charge in [-0.05, 0) is 13.1 Å². The molecule has 5 nitrogen and oxygen atoms in total. The number of primary amides is 1. The van der Waals surface area contributed by atoms with Gasteiger partial charge < -0.3 is 20.5 Å². The molecule has 17 heavy (non-hydrogen) atoms. The average Bonchev–Trinajstić information content (AvgIpc) is 2.27. The normalized spacial score (nSPS) is 9.29. The van der Waals surface area contributed by atoms with Crippen LogP contribution in [0.4, 0.5) is 0 Å². The third-order valence-electron chi connectivity index (χ3n) is 2.01. The zero-order valence-electron chi connectivity index (χ0n) is 9.86. The highest BCUT2D eigenvalue weighted by atomic mass is 35.5. The van der Waals surface area contributed by atoms with Gasteiger partial charge in [-0.1, -0.05) is 12.1 Å². The average molecular weight is 261 g/mol. The molecule has 1 aromatic rings. The van der Waals surface area contributed by atoms with E-state index in [-0.39, 0.29) is 19.0 Å². The minimum absolute atomic E-state index is 0. The summed E-state index contributed by atoms with van der Waals surface area (Å²) in [6, 6.07) is 5.54. The lowest BCUT2D eigenvalue weighted by molar-refractivity contribution is -0.119. The van der Waals surface area contributed by atoms with Crippen LogP contribution in [0, 0.1) is 0 Å². The van der Waals surface area contributed by atoms with Crippen LogP contribution in [-0.4, -0.2) is 26.7 Å². The molecule has 0 saturated heterocycles. The van der Waals surface area contributed by atoms with Crippen molar-refractivity contribution in [2.45, 2.75) is 6.54 Å². The van der Waals surface area contributed by atoms with Crippen molar-refractivity contribution in [3.05, 3.63) is 23.8 Å². The molecule has 1 aromatic carbocycles. The van der Waals surface area contributed by atoms with Gasteiger partial charge >= 0.3 is 0 Å². The third-order valence-corrected chi connectivity index (χ3v) is 2.01. The van der Waals surface area contributed by atoms with Crippen molar-refractivity contribution in [2.24, 2.45) is 5.73 Å². The Morgan fingerprint density at radius 1 is 1.47 bits per heavy atom. The van der Waals surface area contributed by atoms with E-state index in [1.54, 1.807) is 13.2 Å². The fraction of sp³-hybridized carbons (Fsp3) is 0.364. The number of hydrogen-bond acceptors (Lipinski definition) is 4. The highest BCUT2D eigenvalue weighted by molar-refractivity contribution is 5.85. The molecule has 0 unspecified atom stereocenters. The van der Waals surface area contributed by atoms with Gasteiger partial charge in [0.2, 0.25) is 0 Å². The lowest BCUT2D eigenvalue weighted by Gasteiger charge is -2.13. The summed E-state index contributed by atoms with van der Waals surface area (Å²) in [6.07, 6.45) is 0. The van der Waals surface area contributed by atoms with E-state index in [0.717, 1.165) is 5.56 Å². The van der Waals surface area contributed by atoms with Crippen LogP contribution in [0.1, 0.15) is 5.56 Å². The Bertz CT molecular complexity index is 372. The zero-order chi connectivity index (χ0) is 12.0. The summed E-state index contributed by atoms with van der Waals surface area (Å²) in [5.74, 6) is 0.633. The van der Waals surface area contributed by atoms with Crippen molar-refractivity contribution < 1.29 is 14.3 Å². The number of hydrogen-bond donors (Lipinski definition) is 2. The number of ether oxygens (including phenoxy) is 2. The van der Waals surface area contributed by atoms with Crippen molar-refractivity contribution in [1.29, 1.82) is 0 Å². The van der Waals surface area contributed by atoms with Crippen LogP contribution >= 0.6 is 12.4 Å². The summed E-state index contributed by atoms with van der Waals surface area (Å²) >= 11 is 0. The van der Waals surface area contributed by atoms with Crippen LogP contribution < -0.4 is 20.5 Å².